The molecule has 0 unspecified atom stereocenters. The molecule has 0 amide bonds. The largest absolute Gasteiger partial charge is 0.497 e. The Kier molecular flexibility index (Phi) is 5.63. The van der Waals surface area contributed by atoms with Crippen molar-refractivity contribution in [2.45, 2.75) is 63.6 Å². The quantitative estimate of drug-likeness (QED) is 0.356. The van der Waals surface area contributed by atoms with Crippen LogP contribution in [0.3, 0.4) is 0 Å². The molecule has 5 nitrogen and oxygen atoms in total. The number of hydrogen-bond acceptors (Lipinski definition) is 3. The number of imidazole rings is 1. The minimum atomic E-state index is -1.35. The van der Waals surface area contributed by atoms with E-state index in [4.69, 9.17) is 4.74 Å². The van der Waals surface area contributed by atoms with E-state index in [-0.39, 0.29) is 11.0 Å². The van der Waals surface area contributed by atoms with Gasteiger partial charge in [0.1, 0.15) is 5.75 Å². The fraction of sp³-hybridized carbons (Fsp3) is 0.467. The average Bonchev–Trinajstić information content (AvgIpc) is 3.32. The molecule has 4 aliphatic rings. The van der Waals surface area contributed by atoms with Crippen LogP contribution in [0, 0.1) is 17.8 Å². The minimum absolute atomic E-state index is 0.246. The van der Waals surface area contributed by atoms with Gasteiger partial charge < -0.3 is 14.4 Å². The molecule has 4 aliphatic carbocycles. The van der Waals surface area contributed by atoms with Gasteiger partial charge >= 0.3 is 5.97 Å². The van der Waals surface area contributed by atoms with Crippen molar-refractivity contribution in [1.29, 1.82) is 0 Å². The summed E-state index contributed by atoms with van der Waals surface area (Å²) in [7, 11) is -1.35. The summed E-state index contributed by atoms with van der Waals surface area (Å²) in [6.45, 7) is 7.09. The summed E-state index contributed by atoms with van der Waals surface area (Å²) in [4.78, 5) is 15.8. The van der Waals surface area contributed by atoms with Gasteiger partial charge in [-0.3, -0.25) is 0 Å². The lowest BCUT2D eigenvalue weighted by molar-refractivity contribution is -0.00624. The highest BCUT2D eigenvalue weighted by molar-refractivity contribution is 6.76. The third-order valence-electron chi connectivity index (χ3n) is 8.54. The maximum atomic E-state index is 11.2. The summed E-state index contributed by atoms with van der Waals surface area (Å²) in [5.74, 6) is 2.79. The highest BCUT2D eigenvalue weighted by Gasteiger charge is 2.52. The molecule has 4 saturated carbocycles. The Morgan fingerprint density at radius 1 is 1.03 bits per heavy atom. The van der Waals surface area contributed by atoms with Crippen LogP contribution in [0.2, 0.25) is 19.6 Å². The molecule has 7 rings (SSSR count). The van der Waals surface area contributed by atoms with Crippen LogP contribution in [0.15, 0.2) is 55.0 Å². The van der Waals surface area contributed by atoms with Gasteiger partial charge in [-0.1, -0.05) is 31.8 Å². The molecule has 1 N–H and O–H groups in total. The molecule has 36 heavy (non-hydrogen) atoms. The Morgan fingerprint density at radius 3 is 2.25 bits per heavy atom. The smallest absolute Gasteiger partial charge is 0.335 e. The number of carboxylic acids is 1. The second-order valence-corrected chi connectivity index (χ2v) is 18.2. The van der Waals surface area contributed by atoms with E-state index >= 15 is 0 Å². The molecule has 0 atom stereocenters. The second-order valence-electron chi connectivity index (χ2n) is 12.8. The number of aromatic carboxylic acids is 1. The number of hydrogen-bond donors (Lipinski definition) is 1. The van der Waals surface area contributed by atoms with E-state index in [9.17, 15) is 9.90 Å². The highest BCUT2D eigenvalue weighted by atomic mass is 28.3. The minimum Gasteiger partial charge on any atom is -0.497 e. The van der Waals surface area contributed by atoms with Crippen molar-refractivity contribution in [2.75, 3.05) is 6.23 Å². The number of nitrogens with zero attached hydrogens (tertiary/aromatic N) is 2. The molecule has 1 aromatic heterocycles. The lowest BCUT2D eigenvalue weighted by atomic mass is 9.48. The number of ether oxygens (including phenoxy) is 1. The first-order chi connectivity index (χ1) is 17.2. The molecule has 4 bridgehead atoms. The second kappa shape index (κ2) is 8.62. The Bertz CT molecular complexity index is 1250. The van der Waals surface area contributed by atoms with Crippen molar-refractivity contribution in [3.8, 4) is 22.7 Å². The van der Waals surface area contributed by atoms with E-state index in [0.717, 1.165) is 46.7 Å². The van der Waals surface area contributed by atoms with Crippen molar-refractivity contribution in [2.24, 2.45) is 17.8 Å². The van der Waals surface area contributed by atoms with Crippen LogP contribution in [0.25, 0.3) is 16.9 Å². The maximum absolute atomic E-state index is 11.2. The van der Waals surface area contributed by atoms with Crippen molar-refractivity contribution in [3.05, 3.63) is 66.1 Å². The van der Waals surface area contributed by atoms with Crippen molar-refractivity contribution < 1.29 is 14.6 Å². The highest BCUT2D eigenvalue weighted by Crippen LogP contribution is 2.62. The normalized spacial score (nSPS) is 26.8. The Labute approximate surface area is 214 Å². The summed E-state index contributed by atoms with van der Waals surface area (Å²) in [5.41, 5.74) is 4.81. The third kappa shape index (κ3) is 4.40. The molecule has 188 valence electrons. The van der Waals surface area contributed by atoms with Gasteiger partial charge in [-0.25, -0.2) is 9.78 Å². The molecular formula is C30H36N2O3Si. The van der Waals surface area contributed by atoms with Crippen LogP contribution in [0.4, 0.5) is 0 Å². The lowest BCUT2D eigenvalue weighted by Gasteiger charge is -2.57. The topological polar surface area (TPSA) is 64.4 Å². The van der Waals surface area contributed by atoms with E-state index in [1.807, 2.05) is 24.7 Å². The van der Waals surface area contributed by atoms with E-state index in [1.165, 1.54) is 44.1 Å². The fourth-order valence-electron chi connectivity index (χ4n) is 7.35. The van der Waals surface area contributed by atoms with Gasteiger partial charge in [-0.05, 0) is 92.0 Å². The van der Waals surface area contributed by atoms with E-state index < -0.39 is 14.0 Å². The van der Waals surface area contributed by atoms with E-state index in [1.54, 1.807) is 12.1 Å². The van der Waals surface area contributed by atoms with Crippen LogP contribution < -0.4 is 4.74 Å². The van der Waals surface area contributed by atoms with Crippen LogP contribution in [0.5, 0.6) is 5.75 Å². The van der Waals surface area contributed by atoms with E-state index in [2.05, 4.69) is 47.4 Å². The molecule has 0 saturated heterocycles. The lowest BCUT2D eigenvalue weighted by Crippen LogP contribution is -2.48. The van der Waals surface area contributed by atoms with Crippen molar-refractivity contribution in [3.63, 3.8) is 0 Å². The summed E-state index contributed by atoms with van der Waals surface area (Å²) in [6.07, 6.45) is 12.9. The first kappa shape index (κ1) is 23.5. The molecule has 0 spiro atoms. The molecule has 3 aromatic rings. The zero-order valence-electron chi connectivity index (χ0n) is 21.5. The average molecular weight is 501 g/mol. The maximum Gasteiger partial charge on any atom is 0.335 e. The molecule has 0 aliphatic heterocycles. The number of carbonyl (C=O) groups is 1. The van der Waals surface area contributed by atoms with Crippen LogP contribution in [-0.4, -0.2) is 34.9 Å². The summed E-state index contributed by atoms with van der Waals surface area (Å²) in [5, 5.41) is 9.19. The summed E-state index contributed by atoms with van der Waals surface area (Å²) < 4.78 is 8.67. The Morgan fingerprint density at radius 2 is 1.67 bits per heavy atom. The Hall–Kier alpha value is -2.86. The number of benzene rings is 2. The van der Waals surface area contributed by atoms with Gasteiger partial charge in [0.15, 0.2) is 0 Å². The standard InChI is InChI=1S/C30H36N2O3Si/c1-36(2,3)19-35-28-9-8-25(13-26(28)30-14-20-10-21(15-30)12-22(11-20)16-30)32-17-27(31-18-32)23-4-6-24(7-5-23)29(33)34/h4-9,13,17-18,20-22H,10-12,14-16,19H2,1-3H3,(H,33,34). The zero-order valence-corrected chi connectivity index (χ0v) is 22.5. The number of carboxylic acid groups (broad SMARTS) is 1. The van der Waals surface area contributed by atoms with Crippen LogP contribution in [0.1, 0.15) is 54.4 Å². The van der Waals surface area contributed by atoms with Gasteiger partial charge in [0, 0.05) is 23.0 Å². The fourth-order valence-corrected chi connectivity index (χ4v) is 7.94. The monoisotopic (exact) mass is 500 g/mol. The molecule has 6 heteroatoms. The van der Waals surface area contributed by atoms with E-state index in [0.29, 0.717) is 0 Å². The first-order valence-corrected chi connectivity index (χ1v) is 17.0. The predicted octanol–water partition coefficient (Wildman–Crippen LogP) is 6.96. The van der Waals surface area contributed by atoms with Gasteiger partial charge in [0.25, 0.3) is 0 Å². The zero-order chi connectivity index (χ0) is 25.1. The molecule has 2 aromatic carbocycles. The molecular weight excluding hydrogens is 464 g/mol. The third-order valence-corrected chi connectivity index (χ3v) is 9.55. The number of aromatic nitrogens is 2. The first-order valence-electron chi connectivity index (χ1n) is 13.3. The summed E-state index contributed by atoms with van der Waals surface area (Å²) >= 11 is 0. The predicted molar refractivity (Wildman–Crippen MR) is 145 cm³/mol. The Balaban J connectivity index is 1.36. The number of rotatable bonds is 7. The molecule has 1 heterocycles. The van der Waals surface area contributed by atoms with Crippen molar-refractivity contribution >= 4 is 14.0 Å². The molecule has 0 radical (unpaired) electrons. The summed E-state index contributed by atoms with van der Waals surface area (Å²) in [6, 6.07) is 13.6. The van der Waals surface area contributed by atoms with Gasteiger partial charge in [0.2, 0.25) is 0 Å². The molecule has 4 fully saturated rings. The van der Waals surface area contributed by atoms with Gasteiger partial charge in [0.05, 0.1) is 31.9 Å². The SMILES string of the molecule is C[Si](C)(C)COc1ccc(-n2cnc(-c3ccc(C(=O)O)cc3)c2)cc1C12CC3CC(CC(C3)C1)C2. The van der Waals surface area contributed by atoms with Crippen LogP contribution >= 0.6 is 0 Å². The van der Waals surface area contributed by atoms with Gasteiger partial charge in [-0.15, -0.1) is 0 Å². The van der Waals surface area contributed by atoms with Gasteiger partial charge in [-0.2, -0.15) is 0 Å². The van der Waals surface area contributed by atoms with Crippen molar-refractivity contribution in [1.82, 2.24) is 9.55 Å². The van der Waals surface area contributed by atoms with Crippen LogP contribution in [-0.2, 0) is 5.41 Å².